The third kappa shape index (κ3) is 3.55. The molecule has 98 valence electrons. The first kappa shape index (κ1) is 13.6. The molecule has 3 nitrogen and oxygen atoms in total. The number of ketones is 1. The predicted octanol–water partition coefficient (Wildman–Crippen LogP) is 3.57. The molecule has 4 heteroatoms. The molecule has 1 aromatic heterocycles. The molecular weight excluding hydrogens is 260 g/mol. The van der Waals surface area contributed by atoms with Crippen molar-refractivity contribution in [2.45, 2.75) is 13.5 Å². The Morgan fingerprint density at radius 1 is 1.26 bits per heavy atom. The quantitative estimate of drug-likeness (QED) is 0.799. The Kier molecular flexibility index (Phi) is 4.17. The molecule has 1 aromatic carbocycles. The van der Waals surface area contributed by atoms with Gasteiger partial charge in [-0.3, -0.25) is 4.79 Å². The van der Waals surface area contributed by atoms with Gasteiger partial charge in [-0.25, -0.2) is 4.98 Å². The summed E-state index contributed by atoms with van der Waals surface area (Å²) in [5.41, 5.74) is 1.81. The van der Waals surface area contributed by atoms with Gasteiger partial charge in [-0.05, 0) is 36.8 Å². The summed E-state index contributed by atoms with van der Waals surface area (Å²) in [7, 11) is 1.95. The zero-order chi connectivity index (χ0) is 13.8. The summed E-state index contributed by atoms with van der Waals surface area (Å²) in [4.78, 5) is 17.6. The second-order valence-electron chi connectivity index (χ2n) is 4.44. The van der Waals surface area contributed by atoms with Gasteiger partial charge in [0.1, 0.15) is 5.82 Å². The molecule has 19 heavy (non-hydrogen) atoms. The molecular formula is C15H15ClN2O. The number of hydrogen-bond acceptors (Lipinski definition) is 3. The lowest BCUT2D eigenvalue weighted by Crippen LogP contribution is -2.18. The highest BCUT2D eigenvalue weighted by Crippen LogP contribution is 2.16. The highest BCUT2D eigenvalue weighted by atomic mass is 35.5. The third-order valence-corrected chi connectivity index (χ3v) is 3.13. The van der Waals surface area contributed by atoms with Gasteiger partial charge < -0.3 is 4.90 Å². The van der Waals surface area contributed by atoms with Crippen molar-refractivity contribution in [3.05, 3.63) is 58.7 Å². The molecule has 0 aliphatic rings. The zero-order valence-corrected chi connectivity index (χ0v) is 11.7. The number of rotatable bonds is 4. The van der Waals surface area contributed by atoms with E-state index < -0.39 is 0 Å². The second kappa shape index (κ2) is 5.85. The van der Waals surface area contributed by atoms with Crippen LogP contribution >= 0.6 is 11.6 Å². The topological polar surface area (TPSA) is 33.2 Å². The lowest BCUT2D eigenvalue weighted by atomic mass is 10.2. The average molecular weight is 275 g/mol. The van der Waals surface area contributed by atoms with Crippen molar-refractivity contribution in [3.8, 4) is 0 Å². The van der Waals surface area contributed by atoms with Gasteiger partial charge in [-0.2, -0.15) is 0 Å². The van der Waals surface area contributed by atoms with Crippen LogP contribution in [0.1, 0.15) is 22.8 Å². The van der Waals surface area contributed by atoms with Crippen molar-refractivity contribution in [3.63, 3.8) is 0 Å². The van der Waals surface area contributed by atoms with Gasteiger partial charge in [0.25, 0.3) is 0 Å². The molecule has 0 atom stereocenters. The van der Waals surface area contributed by atoms with Crippen LogP contribution in [0.3, 0.4) is 0 Å². The third-order valence-electron chi connectivity index (χ3n) is 2.88. The van der Waals surface area contributed by atoms with E-state index in [1.54, 1.807) is 25.3 Å². The Labute approximate surface area is 117 Å². The number of carbonyl (C=O) groups is 1. The van der Waals surface area contributed by atoms with Crippen molar-refractivity contribution in [2.24, 2.45) is 0 Å². The minimum Gasteiger partial charge on any atom is -0.355 e. The molecule has 2 aromatic rings. The van der Waals surface area contributed by atoms with Gasteiger partial charge in [0.05, 0.1) is 0 Å². The van der Waals surface area contributed by atoms with Crippen LogP contribution in [0, 0.1) is 0 Å². The van der Waals surface area contributed by atoms with Gasteiger partial charge in [0.2, 0.25) is 0 Å². The van der Waals surface area contributed by atoms with E-state index in [9.17, 15) is 4.79 Å². The van der Waals surface area contributed by atoms with E-state index in [-0.39, 0.29) is 5.78 Å². The summed E-state index contributed by atoms with van der Waals surface area (Å²) in [5.74, 6) is 0.825. The molecule has 0 spiro atoms. The molecule has 0 aliphatic carbocycles. The van der Waals surface area contributed by atoms with Crippen molar-refractivity contribution in [2.75, 3.05) is 11.9 Å². The minimum atomic E-state index is 0.0449. The largest absolute Gasteiger partial charge is 0.355 e. The van der Waals surface area contributed by atoms with Gasteiger partial charge in [-0.1, -0.05) is 23.7 Å². The molecule has 0 amide bonds. The van der Waals surface area contributed by atoms with Gasteiger partial charge in [0.15, 0.2) is 5.78 Å². The molecule has 0 N–H and O–H groups in total. The summed E-state index contributed by atoms with van der Waals surface area (Å²) < 4.78 is 0. The van der Waals surface area contributed by atoms with E-state index in [2.05, 4.69) is 4.98 Å². The fraction of sp³-hybridized carbons (Fsp3) is 0.200. The molecule has 2 rings (SSSR count). The maximum Gasteiger partial charge on any atom is 0.159 e. The number of hydrogen-bond donors (Lipinski definition) is 0. The van der Waals surface area contributed by atoms with Crippen LogP contribution in [-0.2, 0) is 6.54 Å². The smallest absolute Gasteiger partial charge is 0.159 e. The maximum atomic E-state index is 11.4. The Morgan fingerprint density at radius 3 is 2.58 bits per heavy atom. The number of Topliss-reactive ketones (excluding diaryl/α,β-unsaturated/α-hetero) is 1. The van der Waals surface area contributed by atoms with E-state index in [1.807, 2.05) is 36.2 Å². The standard InChI is InChI=1S/C15H15ClN2O/c1-11(19)13-7-8-17-15(9-13)18(2)10-12-3-5-14(16)6-4-12/h3-9H,10H2,1-2H3. The number of benzene rings is 1. The van der Waals surface area contributed by atoms with Crippen LogP contribution in [0.2, 0.25) is 5.02 Å². The molecule has 0 saturated carbocycles. The first-order chi connectivity index (χ1) is 9.06. The molecule has 0 bridgehead atoms. The maximum absolute atomic E-state index is 11.4. The molecule has 0 saturated heterocycles. The van der Waals surface area contributed by atoms with E-state index >= 15 is 0 Å². The van der Waals surface area contributed by atoms with E-state index in [0.29, 0.717) is 12.1 Å². The van der Waals surface area contributed by atoms with Crippen molar-refractivity contribution in [1.82, 2.24) is 4.98 Å². The van der Waals surface area contributed by atoms with E-state index in [1.165, 1.54) is 0 Å². The summed E-state index contributed by atoms with van der Waals surface area (Å²) in [6, 6.07) is 11.2. The molecule has 0 aliphatic heterocycles. The van der Waals surface area contributed by atoms with Crippen molar-refractivity contribution < 1.29 is 4.79 Å². The lowest BCUT2D eigenvalue weighted by Gasteiger charge is -2.18. The first-order valence-corrected chi connectivity index (χ1v) is 6.36. The predicted molar refractivity (Wildman–Crippen MR) is 77.8 cm³/mol. The van der Waals surface area contributed by atoms with E-state index in [4.69, 9.17) is 11.6 Å². The Balaban J connectivity index is 2.15. The Morgan fingerprint density at radius 2 is 1.95 bits per heavy atom. The van der Waals surface area contributed by atoms with Crippen LogP contribution in [0.15, 0.2) is 42.6 Å². The highest BCUT2D eigenvalue weighted by molar-refractivity contribution is 6.30. The molecule has 0 fully saturated rings. The second-order valence-corrected chi connectivity index (χ2v) is 4.88. The van der Waals surface area contributed by atoms with Crippen LogP contribution in [-0.4, -0.2) is 17.8 Å². The van der Waals surface area contributed by atoms with Crippen LogP contribution in [0.25, 0.3) is 0 Å². The average Bonchev–Trinajstić information content (AvgIpc) is 2.41. The molecule has 1 heterocycles. The summed E-state index contributed by atoms with van der Waals surface area (Å²) in [5, 5.41) is 0.725. The van der Waals surface area contributed by atoms with Gasteiger partial charge in [0, 0.05) is 30.4 Å². The van der Waals surface area contributed by atoms with Crippen LogP contribution in [0.4, 0.5) is 5.82 Å². The minimum absolute atomic E-state index is 0.0449. The molecule has 0 unspecified atom stereocenters. The Hall–Kier alpha value is -1.87. The van der Waals surface area contributed by atoms with Crippen LogP contribution in [0.5, 0.6) is 0 Å². The fourth-order valence-electron chi connectivity index (χ4n) is 1.79. The van der Waals surface area contributed by atoms with Gasteiger partial charge >= 0.3 is 0 Å². The summed E-state index contributed by atoms with van der Waals surface area (Å²) in [6.45, 7) is 2.27. The molecule has 0 radical (unpaired) electrons. The monoisotopic (exact) mass is 274 g/mol. The number of anilines is 1. The number of pyridine rings is 1. The number of aromatic nitrogens is 1. The normalized spacial score (nSPS) is 10.3. The highest BCUT2D eigenvalue weighted by Gasteiger charge is 2.06. The van der Waals surface area contributed by atoms with Crippen molar-refractivity contribution >= 4 is 23.2 Å². The fourth-order valence-corrected chi connectivity index (χ4v) is 1.92. The lowest BCUT2D eigenvalue weighted by molar-refractivity contribution is 0.101. The SMILES string of the molecule is CC(=O)c1ccnc(N(C)Cc2ccc(Cl)cc2)c1. The van der Waals surface area contributed by atoms with Gasteiger partial charge in [-0.15, -0.1) is 0 Å². The summed E-state index contributed by atoms with van der Waals surface area (Å²) in [6.07, 6.45) is 1.66. The van der Waals surface area contributed by atoms with E-state index in [0.717, 1.165) is 16.4 Å². The zero-order valence-electron chi connectivity index (χ0n) is 10.9. The summed E-state index contributed by atoms with van der Waals surface area (Å²) >= 11 is 5.86. The number of nitrogens with zero attached hydrogens (tertiary/aromatic N) is 2. The Bertz CT molecular complexity index is 581. The number of carbonyl (C=O) groups excluding carboxylic acids is 1. The number of halogens is 1. The van der Waals surface area contributed by atoms with Crippen molar-refractivity contribution in [1.29, 1.82) is 0 Å². The van der Waals surface area contributed by atoms with Crippen LogP contribution < -0.4 is 4.90 Å². The first-order valence-electron chi connectivity index (χ1n) is 5.99.